The lowest BCUT2D eigenvalue weighted by molar-refractivity contribution is -0.117. The highest BCUT2D eigenvalue weighted by molar-refractivity contribution is 7.98. The first-order valence-electron chi connectivity index (χ1n) is 5.54. The van der Waals surface area contributed by atoms with Gasteiger partial charge in [-0.2, -0.15) is 11.8 Å². The minimum absolute atomic E-state index is 0.146. The molecule has 4 nitrogen and oxygen atoms in total. The molecule has 0 unspecified atom stereocenters. The highest BCUT2D eigenvalue weighted by Gasteiger charge is 2.14. The van der Waals surface area contributed by atoms with Crippen LogP contribution in [0.1, 0.15) is 17.8 Å². The van der Waals surface area contributed by atoms with Gasteiger partial charge in [0, 0.05) is 5.69 Å². The predicted octanol–water partition coefficient (Wildman–Crippen LogP) is 1.72. The monoisotopic (exact) mass is 253 g/mol. The van der Waals surface area contributed by atoms with Crippen molar-refractivity contribution in [3.05, 3.63) is 23.5 Å². The topological polar surface area (TPSA) is 68.0 Å². The smallest absolute Gasteiger partial charge is 0.241 e. The molecule has 0 saturated heterocycles. The van der Waals surface area contributed by atoms with Crippen molar-refractivity contribution >= 4 is 23.4 Å². The zero-order chi connectivity index (χ0) is 12.8. The zero-order valence-electron chi connectivity index (χ0n) is 10.5. The first-order valence-corrected chi connectivity index (χ1v) is 6.93. The molecule has 0 bridgehead atoms. The second-order valence-corrected chi connectivity index (χ2v) is 4.95. The van der Waals surface area contributed by atoms with Crippen LogP contribution < -0.4 is 11.1 Å². The van der Waals surface area contributed by atoms with Gasteiger partial charge in [0.2, 0.25) is 5.91 Å². The van der Waals surface area contributed by atoms with E-state index in [1.54, 1.807) is 11.8 Å². The average molecular weight is 253 g/mol. The standard InChI is InChI=1S/C12H19N3OS/c1-8-4-5-11(9(2)14-8)15-12(16)10(13)6-7-17-3/h4-5,10H,6-7,13H2,1-3H3,(H,15,16)/t10-/m1/s1. The van der Waals surface area contributed by atoms with E-state index in [2.05, 4.69) is 10.3 Å². The van der Waals surface area contributed by atoms with E-state index in [0.29, 0.717) is 6.42 Å². The van der Waals surface area contributed by atoms with Crippen LogP contribution in [0.4, 0.5) is 5.69 Å². The summed E-state index contributed by atoms with van der Waals surface area (Å²) in [4.78, 5) is 16.1. The summed E-state index contributed by atoms with van der Waals surface area (Å²) in [5.74, 6) is 0.743. The Balaban J connectivity index is 2.61. The van der Waals surface area contributed by atoms with E-state index in [-0.39, 0.29) is 5.91 Å². The number of amides is 1. The van der Waals surface area contributed by atoms with E-state index in [0.717, 1.165) is 22.8 Å². The van der Waals surface area contributed by atoms with E-state index < -0.39 is 6.04 Å². The van der Waals surface area contributed by atoms with Crippen LogP contribution in [0, 0.1) is 13.8 Å². The van der Waals surface area contributed by atoms with E-state index in [1.807, 2.05) is 32.2 Å². The van der Waals surface area contributed by atoms with Gasteiger partial charge in [-0.25, -0.2) is 0 Å². The fourth-order valence-corrected chi connectivity index (χ4v) is 1.91. The Morgan fingerprint density at radius 1 is 1.53 bits per heavy atom. The van der Waals surface area contributed by atoms with Gasteiger partial charge in [0.25, 0.3) is 0 Å². The number of nitrogens with zero attached hydrogens (tertiary/aromatic N) is 1. The van der Waals surface area contributed by atoms with Gasteiger partial charge >= 0.3 is 0 Å². The van der Waals surface area contributed by atoms with Crippen LogP contribution in [0.2, 0.25) is 0 Å². The molecule has 1 heterocycles. The number of nitrogens with two attached hydrogens (primary N) is 1. The number of carbonyl (C=O) groups excluding carboxylic acids is 1. The predicted molar refractivity (Wildman–Crippen MR) is 73.3 cm³/mol. The van der Waals surface area contributed by atoms with Crippen molar-refractivity contribution in [2.45, 2.75) is 26.3 Å². The Morgan fingerprint density at radius 2 is 2.24 bits per heavy atom. The second-order valence-electron chi connectivity index (χ2n) is 3.96. The summed E-state index contributed by atoms with van der Waals surface area (Å²) in [6.45, 7) is 3.79. The number of hydrogen-bond acceptors (Lipinski definition) is 4. The molecular formula is C12H19N3OS. The Hall–Kier alpha value is -1.07. The molecule has 1 aromatic rings. The van der Waals surface area contributed by atoms with Crippen LogP contribution in [0.5, 0.6) is 0 Å². The molecule has 0 spiro atoms. The minimum atomic E-state index is -0.455. The van der Waals surface area contributed by atoms with Crippen LogP contribution >= 0.6 is 11.8 Å². The maximum absolute atomic E-state index is 11.8. The highest BCUT2D eigenvalue weighted by atomic mass is 32.2. The van der Waals surface area contributed by atoms with Gasteiger partial charge in [0.15, 0.2) is 0 Å². The first-order chi connectivity index (χ1) is 8.04. The van der Waals surface area contributed by atoms with Gasteiger partial charge in [0.1, 0.15) is 0 Å². The molecule has 94 valence electrons. The molecule has 0 saturated carbocycles. The van der Waals surface area contributed by atoms with Crippen LogP contribution in [-0.4, -0.2) is 28.9 Å². The molecule has 0 aromatic carbocycles. The van der Waals surface area contributed by atoms with Crippen molar-refractivity contribution in [3.63, 3.8) is 0 Å². The normalized spacial score (nSPS) is 12.2. The van der Waals surface area contributed by atoms with Crippen LogP contribution in [0.3, 0.4) is 0 Å². The molecule has 1 aromatic heterocycles. The van der Waals surface area contributed by atoms with E-state index in [4.69, 9.17) is 5.73 Å². The van der Waals surface area contributed by atoms with Gasteiger partial charge in [-0.1, -0.05) is 0 Å². The van der Waals surface area contributed by atoms with Crippen LogP contribution in [0.15, 0.2) is 12.1 Å². The fraction of sp³-hybridized carbons (Fsp3) is 0.500. The Kier molecular flexibility index (Phi) is 5.44. The van der Waals surface area contributed by atoms with E-state index >= 15 is 0 Å². The number of pyridine rings is 1. The Labute approximate surface area is 106 Å². The van der Waals surface area contributed by atoms with Gasteiger partial charge in [-0.15, -0.1) is 0 Å². The Bertz CT molecular complexity index is 395. The molecule has 0 radical (unpaired) electrons. The molecule has 0 aliphatic rings. The molecule has 0 aliphatic heterocycles. The summed E-state index contributed by atoms with van der Waals surface area (Å²) >= 11 is 1.69. The average Bonchev–Trinajstić information content (AvgIpc) is 2.29. The highest BCUT2D eigenvalue weighted by Crippen LogP contribution is 2.13. The molecule has 5 heteroatoms. The van der Waals surface area contributed by atoms with Crippen molar-refractivity contribution in [2.24, 2.45) is 5.73 Å². The van der Waals surface area contributed by atoms with Crippen molar-refractivity contribution in [1.82, 2.24) is 4.98 Å². The van der Waals surface area contributed by atoms with Crippen molar-refractivity contribution < 1.29 is 4.79 Å². The molecule has 1 amide bonds. The number of rotatable bonds is 5. The summed E-state index contributed by atoms with van der Waals surface area (Å²) in [7, 11) is 0. The van der Waals surface area contributed by atoms with Gasteiger partial charge in [-0.3, -0.25) is 9.78 Å². The minimum Gasteiger partial charge on any atom is -0.323 e. The molecular weight excluding hydrogens is 234 g/mol. The maximum atomic E-state index is 11.8. The summed E-state index contributed by atoms with van der Waals surface area (Å²) in [6, 6.07) is 3.27. The number of nitrogens with one attached hydrogen (secondary N) is 1. The lowest BCUT2D eigenvalue weighted by atomic mass is 10.2. The van der Waals surface area contributed by atoms with Crippen molar-refractivity contribution in [2.75, 3.05) is 17.3 Å². The maximum Gasteiger partial charge on any atom is 0.241 e. The van der Waals surface area contributed by atoms with Gasteiger partial charge in [0.05, 0.1) is 17.4 Å². The molecule has 1 atom stereocenters. The molecule has 17 heavy (non-hydrogen) atoms. The molecule has 3 N–H and O–H groups in total. The van der Waals surface area contributed by atoms with Crippen LogP contribution in [0.25, 0.3) is 0 Å². The van der Waals surface area contributed by atoms with Crippen molar-refractivity contribution in [3.8, 4) is 0 Å². The largest absolute Gasteiger partial charge is 0.323 e. The molecule has 0 fully saturated rings. The van der Waals surface area contributed by atoms with Gasteiger partial charge in [-0.05, 0) is 44.4 Å². The summed E-state index contributed by atoms with van der Waals surface area (Å²) in [5, 5.41) is 2.81. The number of anilines is 1. The fourth-order valence-electron chi connectivity index (χ4n) is 1.42. The van der Waals surface area contributed by atoms with E-state index in [9.17, 15) is 4.79 Å². The Morgan fingerprint density at radius 3 is 2.82 bits per heavy atom. The molecule has 0 aliphatic carbocycles. The lowest BCUT2D eigenvalue weighted by Crippen LogP contribution is -2.36. The van der Waals surface area contributed by atoms with Crippen LogP contribution in [-0.2, 0) is 4.79 Å². The number of carbonyl (C=O) groups is 1. The van der Waals surface area contributed by atoms with Crippen molar-refractivity contribution in [1.29, 1.82) is 0 Å². The third kappa shape index (κ3) is 4.36. The SMILES string of the molecule is CSCC[C@@H](N)C(=O)Nc1ccc(C)nc1C. The second kappa shape index (κ2) is 6.61. The number of aryl methyl sites for hydroxylation is 2. The molecule has 1 rings (SSSR count). The number of hydrogen-bond donors (Lipinski definition) is 2. The summed E-state index contributed by atoms with van der Waals surface area (Å²) < 4.78 is 0. The first kappa shape index (κ1) is 14.0. The van der Waals surface area contributed by atoms with Gasteiger partial charge < -0.3 is 11.1 Å². The third-order valence-corrected chi connectivity index (χ3v) is 3.10. The van der Waals surface area contributed by atoms with E-state index in [1.165, 1.54) is 0 Å². The third-order valence-electron chi connectivity index (χ3n) is 2.45. The lowest BCUT2D eigenvalue weighted by Gasteiger charge is -2.13. The number of thioether (sulfide) groups is 1. The number of aromatic nitrogens is 1. The quantitative estimate of drug-likeness (QED) is 0.838. The zero-order valence-corrected chi connectivity index (χ0v) is 11.3. The summed E-state index contributed by atoms with van der Waals surface area (Å²) in [5.41, 5.74) is 8.27. The summed E-state index contributed by atoms with van der Waals surface area (Å²) in [6.07, 6.45) is 2.68.